The molecule has 0 aliphatic rings. The standard InChI is InChI=1S/C13H19N3S/c1-10(14-3)12-4-6-16(8-12)7-5-13-11(2)15-9-17-13/h4,6,8-10,14H,5,7H2,1-3H3. The van der Waals surface area contributed by atoms with Gasteiger partial charge in [-0.15, -0.1) is 11.3 Å². The van der Waals surface area contributed by atoms with Gasteiger partial charge in [-0.1, -0.05) is 0 Å². The fourth-order valence-electron chi connectivity index (χ4n) is 1.82. The number of aromatic nitrogens is 2. The number of hydrogen-bond donors (Lipinski definition) is 1. The molecule has 3 nitrogen and oxygen atoms in total. The smallest absolute Gasteiger partial charge is 0.0797 e. The second kappa shape index (κ2) is 5.47. The van der Waals surface area contributed by atoms with E-state index in [1.165, 1.54) is 16.1 Å². The fourth-order valence-corrected chi connectivity index (χ4v) is 2.59. The van der Waals surface area contributed by atoms with Crippen LogP contribution in [0.1, 0.15) is 29.1 Å². The van der Waals surface area contributed by atoms with Crippen LogP contribution in [-0.2, 0) is 13.0 Å². The normalized spacial score (nSPS) is 12.9. The van der Waals surface area contributed by atoms with Gasteiger partial charge < -0.3 is 9.88 Å². The van der Waals surface area contributed by atoms with Crippen molar-refractivity contribution in [2.24, 2.45) is 0 Å². The maximum Gasteiger partial charge on any atom is 0.0797 e. The third kappa shape index (κ3) is 2.96. The number of nitrogens with zero attached hydrogens (tertiary/aromatic N) is 2. The summed E-state index contributed by atoms with van der Waals surface area (Å²) in [4.78, 5) is 5.67. The van der Waals surface area contributed by atoms with Crippen molar-refractivity contribution in [2.45, 2.75) is 32.9 Å². The first kappa shape index (κ1) is 12.3. The SMILES string of the molecule is CNC(C)c1ccn(CCc2scnc2C)c1. The Bertz CT molecular complexity index is 472. The lowest BCUT2D eigenvalue weighted by Gasteiger charge is -2.07. The first-order chi connectivity index (χ1) is 8.20. The van der Waals surface area contributed by atoms with E-state index < -0.39 is 0 Å². The molecule has 0 aromatic carbocycles. The zero-order valence-corrected chi connectivity index (χ0v) is 11.4. The highest BCUT2D eigenvalue weighted by molar-refractivity contribution is 7.09. The Morgan fingerprint density at radius 2 is 2.35 bits per heavy atom. The van der Waals surface area contributed by atoms with Gasteiger partial charge in [0.2, 0.25) is 0 Å². The molecule has 1 atom stereocenters. The summed E-state index contributed by atoms with van der Waals surface area (Å²) in [5.41, 5.74) is 4.44. The molecule has 0 saturated carbocycles. The number of rotatable bonds is 5. The largest absolute Gasteiger partial charge is 0.354 e. The van der Waals surface area contributed by atoms with E-state index in [9.17, 15) is 0 Å². The van der Waals surface area contributed by atoms with E-state index in [-0.39, 0.29) is 0 Å². The van der Waals surface area contributed by atoms with E-state index in [0.717, 1.165) is 13.0 Å². The van der Waals surface area contributed by atoms with E-state index in [0.29, 0.717) is 6.04 Å². The molecule has 1 N–H and O–H groups in total. The average molecular weight is 249 g/mol. The van der Waals surface area contributed by atoms with Crippen LogP contribution in [0.4, 0.5) is 0 Å². The van der Waals surface area contributed by atoms with Crippen LogP contribution in [0.2, 0.25) is 0 Å². The average Bonchev–Trinajstić information content (AvgIpc) is 2.94. The number of thiazole rings is 1. The second-order valence-electron chi connectivity index (χ2n) is 4.30. The molecule has 0 aliphatic carbocycles. The zero-order chi connectivity index (χ0) is 12.3. The van der Waals surface area contributed by atoms with Gasteiger partial charge in [0.05, 0.1) is 11.2 Å². The summed E-state index contributed by atoms with van der Waals surface area (Å²) in [6.07, 6.45) is 5.44. The van der Waals surface area contributed by atoms with Gasteiger partial charge in [0, 0.05) is 36.3 Å². The van der Waals surface area contributed by atoms with Crippen LogP contribution >= 0.6 is 11.3 Å². The fraction of sp³-hybridized carbons (Fsp3) is 0.462. The van der Waals surface area contributed by atoms with Crippen LogP contribution in [0, 0.1) is 6.92 Å². The Hall–Kier alpha value is -1.13. The highest BCUT2D eigenvalue weighted by atomic mass is 32.1. The summed E-state index contributed by atoms with van der Waals surface area (Å²) in [5.74, 6) is 0. The minimum Gasteiger partial charge on any atom is -0.354 e. The number of aryl methyl sites for hydroxylation is 3. The molecule has 1 unspecified atom stereocenters. The van der Waals surface area contributed by atoms with Crippen molar-refractivity contribution in [3.05, 3.63) is 40.1 Å². The number of nitrogens with one attached hydrogen (secondary N) is 1. The molecule has 2 heterocycles. The molecule has 0 spiro atoms. The van der Waals surface area contributed by atoms with Crippen LogP contribution in [-0.4, -0.2) is 16.6 Å². The molecule has 2 rings (SSSR count). The molecule has 17 heavy (non-hydrogen) atoms. The summed E-state index contributed by atoms with van der Waals surface area (Å²) in [6.45, 7) is 5.28. The van der Waals surface area contributed by atoms with Crippen LogP contribution < -0.4 is 5.32 Å². The zero-order valence-electron chi connectivity index (χ0n) is 10.6. The third-order valence-corrected chi connectivity index (χ3v) is 4.14. The second-order valence-corrected chi connectivity index (χ2v) is 5.24. The van der Waals surface area contributed by atoms with Gasteiger partial charge >= 0.3 is 0 Å². The van der Waals surface area contributed by atoms with Gasteiger partial charge in [-0.25, -0.2) is 4.98 Å². The molecule has 0 amide bonds. The predicted molar refractivity (Wildman–Crippen MR) is 72.5 cm³/mol. The summed E-state index contributed by atoms with van der Waals surface area (Å²) >= 11 is 1.75. The van der Waals surface area contributed by atoms with Gasteiger partial charge in [0.25, 0.3) is 0 Å². The lowest BCUT2D eigenvalue weighted by atomic mass is 10.2. The van der Waals surface area contributed by atoms with Crippen molar-refractivity contribution in [3.63, 3.8) is 0 Å². The molecule has 92 valence electrons. The molecular formula is C13H19N3S. The molecule has 0 radical (unpaired) electrons. The molecule has 4 heteroatoms. The molecular weight excluding hydrogens is 230 g/mol. The van der Waals surface area contributed by atoms with Crippen molar-refractivity contribution >= 4 is 11.3 Å². The molecule has 2 aromatic heterocycles. The summed E-state index contributed by atoms with van der Waals surface area (Å²) in [6, 6.07) is 2.60. The van der Waals surface area contributed by atoms with E-state index >= 15 is 0 Å². The van der Waals surface area contributed by atoms with Crippen molar-refractivity contribution in [2.75, 3.05) is 7.05 Å². The Labute approximate surface area is 107 Å². The maximum absolute atomic E-state index is 4.27. The third-order valence-electron chi connectivity index (χ3n) is 3.15. The predicted octanol–water partition coefficient (Wildman–Crippen LogP) is 2.78. The Morgan fingerprint density at radius 1 is 1.53 bits per heavy atom. The Kier molecular flexibility index (Phi) is 3.97. The topological polar surface area (TPSA) is 29.9 Å². The molecule has 0 fully saturated rings. The summed E-state index contributed by atoms with van der Waals surface area (Å²) in [7, 11) is 1.99. The lowest BCUT2D eigenvalue weighted by Crippen LogP contribution is -2.11. The Balaban J connectivity index is 1.96. The lowest BCUT2D eigenvalue weighted by molar-refractivity contribution is 0.643. The monoisotopic (exact) mass is 249 g/mol. The summed E-state index contributed by atoms with van der Waals surface area (Å²) in [5, 5.41) is 3.25. The van der Waals surface area contributed by atoms with Gasteiger partial charge in [0.1, 0.15) is 0 Å². The van der Waals surface area contributed by atoms with Crippen molar-refractivity contribution in [3.8, 4) is 0 Å². The van der Waals surface area contributed by atoms with Gasteiger partial charge in [-0.2, -0.15) is 0 Å². The Morgan fingerprint density at radius 3 is 3.00 bits per heavy atom. The van der Waals surface area contributed by atoms with Gasteiger partial charge in [-0.3, -0.25) is 0 Å². The van der Waals surface area contributed by atoms with E-state index in [4.69, 9.17) is 0 Å². The van der Waals surface area contributed by atoms with Crippen molar-refractivity contribution < 1.29 is 0 Å². The molecule has 2 aromatic rings. The van der Waals surface area contributed by atoms with Crippen LogP contribution in [0.5, 0.6) is 0 Å². The quantitative estimate of drug-likeness (QED) is 0.883. The minimum atomic E-state index is 0.418. The maximum atomic E-state index is 4.27. The molecule has 0 bridgehead atoms. The van der Waals surface area contributed by atoms with Crippen molar-refractivity contribution in [1.29, 1.82) is 0 Å². The number of hydrogen-bond acceptors (Lipinski definition) is 3. The van der Waals surface area contributed by atoms with Crippen LogP contribution in [0.3, 0.4) is 0 Å². The molecule has 0 saturated heterocycles. The highest BCUT2D eigenvalue weighted by Crippen LogP contribution is 2.15. The minimum absolute atomic E-state index is 0.418. The molecule has 0 aliphatic heterocycles. The first-order valence-electron chi connectivity index (χ1n) is 5.92. The summed E-state index contributed by atoms with van der Waals surface area (Å²) < 4.78 is 2.25. The van der Waals surface area contributed by atoms with E-state index in [2.05, 4.69) is 47.2 Å². The van der Waals surface area contributed by atoms with Crippen molar-refractivity contribution in [1.82, 2.24) is 14.9 Å². The van der Waals surface area contributed by atoms with E-state index in [1.54, 1.807) is 11.3 Å². The van der Waals surface area contributed by atoms with Crippen LogP contribution in [0.15, 0.2) is 24.0 Å². The van der Waals surface area contributed by atoms with Crippen LogP contribution in [0.25, 0.3) is 0 Å². The van der Waals surface area contributed by atoms with Gasteiger partial charge in [0.15, 0.2) is 0 Å². The van der Waals surface area contributed by atoms with Gasteiger partial charge in [-0.05, 0) is 32.5 Å². The first-order valence-corrected chi connectivity index (χ1v) is 6.80. The highest BCUT2D eigenvalue weighted by Gasteiger charge is 2.05. The van der Waals surface area contributed by atoms with E-state index in [1.807, 2.05) is 12.6 Å².